The highest BCUT2D eigenvalue weighted by molar-refractivity contribution is 6.02. The summed E-state index contributed by atoms with van der Waals surface area (Å²) in [5.41, 5.74) is 4.18. The molecular formula is C23H21N3O4. The Morgan fingerprint density at radius 2 is 1.83 bits per heavy atom. The number of carbonyl (C=O) groups is 3. The Bertz CT molecular complexity index is 1130. The van der Waals surface area contributed by atoms with E-state index >= 15 is 0 Å². The molecule has 1 aromatic heterocycles. The second-order valence-electron chi connectivity index (χ2n) is 6.66. The molecule has 30 heavy (non-hydrogen) atoms. The number of hydrogen-bond acceptors (Lipinski definition) is 5. The number of hydrogen-bond donors (Lipinski definition) is 2. The van der Waals surface area contributed by atoms with E-state index in [1.807, 2.05) is 50.2 Å². The average molecular weight is 403 g/mol. The van der Waals surface area contributed by atoms with Gasteiger partial charge in [0.15, 0.2) is 6.61 Å². The lowest BCUT2D eigenvalue weighted by molar-refractivity contribution is -0.143. The van der Waals surface area contributed by atoms with Gasteiger partial charge in [-0.15, -0.1) is 0 Å². The number of para-hydroxylation sites is 1. The maximum absolute atomic E-state index is 11.9. The van der Waals surface area contributed by atoms with E-state index in [4.69, 9.17) is 4.74 Å². The third kappa shape index (κ3) is 5.51. The van der Waals surface area contributed by atoms with Crippen LogP contribution in [-0.2, 0) is 14.3 Å². The molecule has 7 nitrogen and oxygen atoms in total. The molecule has 1 heterocycles. The van der Waals surface area contributed by atoms with Crippen LogP contribution in [0.25, 0.3) is 17.0 Å². The van der Waals surface area contributed by atoms with Crippen molar-refractivity contribution >= 4 is 40.6 Å². The standard InChI is InChI=1S/C23H21N3O4/c1-15-8-10-19(13-16(15)2)25-23(29)26-20(27)14-30-21(28)11-9-18-6-3-5-17-7-4-12-24-22(17)18/h3-13H,14H2,1-2H3,(H2,25,26,27,29). The zero-order valence-corrected chi connectivity index (χ0v) is 16.6. The quantitative estimate of drug-likeness (QED) is 0.499. The minimum atomic E-state index is -0.732. The van der Waals surface area contributed by atoms with Gasteiger partial charge in [-0.1, -0.05) is 30.3 Å². The summed E-state index contributed by atoms with van der Waals surface area (Å²) in [7, 11) is 0. The topological polar surface area (TPSA) is 97.4 Å². The molecule has 0 aliphatic heterocycles. The van der Waals surface area contributed by atoms with Crippen LogP contribution in [0.2, 0.25) is 0 Å². The van der Waals surface area contributed by atoms with Crippen LogP contribution < -0.4 is 10.6 Å². The molecular weight excluding hydrogens is 382 g/mol. The average Bonchev–Trinajstić information content (AvgIpc) is 2.73. The van der Waals surface area contributed by atoms with Gasteiger partial charge in [0, 0.05) is 28.9 Å². The van der Waals surface area contributed by atoms with Crippen LogP contribution in [0.4, 0.5) is 10.5 Å². The molecule has 3 rings (SSSR count). The van der Waals surface area contributed by atoms with E-state index in [-0.39, 0.29) is 0 Å². The lowest BCUT2D eigenvalue weighted by Crippen LogP contribution is -2.37. The molecule has 0 fully saturated rings. The van der Waals surface area contributed by atoms with Gasteiger partial charge in [-0.25, -0.2) is 9.59 Å². The van der Waals surface area contributed by atoms with Crippen LogP contribution in [0.15, 0.2) is 60.8 Å². The molecule has 0 saturated heterocycles. The number of anilines is 1. The van der Waals surface area contributed by atoms with Gasteiger partial charge < -0.3 is 10.1 Å². The summed E-state index contributed by atoms with van der Waals surface area (Å²) in [5, 5.41) is 5.62. The third-order valence-corrected chi connectivity index (χ3v) is 4.43. The predicted octanol–water partition coefficient (Wildman–Crippen LogP) is 3.76. The number of imide groups is 1. The molecule has 0 aliphatic carbocycles. The van der Waals surface area contributed by atoms with Gasteiger partial charge in [-0.05, 0) is 49.2 Å². The van der Waals surface area contributed by atoms with Crippen molar-refractivity contribution in [3.63, 3.8) is 0 Å². The number of pyridine rings is 1. The second-order valence-corrected chi connectivity index (χ2v) is 6.66. The summed E-state index contributed by atoms with van der Waals surface area (Å²) >= 11 is 0. The minimum absolute atomic E-state index is 0.562. The summed E-state index contributed by atoms with van der Waals surface area (Å²) in [4.78, 5) is 39.9. The van der Waals surface area contributed by atoms with Gasteiger partial charge in [0.25, 0.3) is 5.91 Å². The molecule has 2 aromatic carbocycles. The van der Waals surface area contributed by atoms with E-state index in [1.54, 1.807) is 24.4 Å². The SMILES string of the molecule is Cc1ccc(NC(=O)NC(=O)COC(=O)C=Cc2cccc3cccnc23)cc1C. The van der Waals surface area contributed by atoms with Gasteiger partial charge in [-0.2, -0.15) is 0 Å². The van der Waals surface area contributed by atoms with Crippen LogP contribution in [-0.4, -0.2) is 29.5 Å². The Labute approximate surface area is 173 Å². The van der Waals surface area contributed by atoms with Crippen LogP contribution in [0.3, 0.4) is 0 Å². The highest BCUT2D eigenvalue weighted by Crippen LogP contribution is 2.17. The fourth-order valence-corrected chi connectivity index (χ4v) is 2.75. The summed E-state index contributed by atoms with van der Waals surface area (Å²) in [6.45, 7) is 3.31. The van der Waals surface area contributed by atoms with Gasteiger partial charge in [0.1, 0.15) is 0 Å². The normalized spacial score (nSPS) is 10.7. The molecule has 152 valence electrons. The zero-order chi connectivity index (χ0) is 21.5. The number of aromatic nitrogens is 1. The van der Waals surface area contributed by atoms with E-state index in [1.165, 1.54) is 6.08 Å². The van der Waals surface area contributed by atoms with Crippen LogP contribution in [0.1, 0.15) is 16.7 Å². The summed E-state index contributed by atoms with van der Waals surface area (Å²) in [6, 6.07) is 14.1. The molecule has 0 aliphatic rings. The molecule has 2 N–H and O–H groups in total. The van der Waals surface area contributed by atoms with E-state index in [9.17, 15) is 14.4 Å². The first-order chi connectivity index (χ1) is 14.4. The number of nitrogens with zero attached hydrogens (tertiary/aromatic N) is 1. The molecule has 3 aromatic rings. The number of rotatable bonds is 5. The van der Waals surface area contributed by atoms with Gasteiger partial charge >= 0.3 is 12.0 Å². The number of carbonyl (C=O) groups excluding carboxylic acids is 3. The van der Waals surface area contributed by atoms with Crippen LogP contribution >= 0.6 is 0 Å². The number of amides is 3. The molecule has 0 bridgehead atoms. The first-order valence-electron chi connectivity index (χ1n) is 9.29. The van der Waals surface area contributed by atoms with E-state index in [0.29, 0.717) is 5.69 Å². The Kier molecular flexibility index (Phi) is 6.54. The number of aryl methyl sites for hydroxylation is 2. The van der Waals surface area contributed by atoms with Crippen LogP contribution in [0, 0.1) is 13.8 Å². The molecule has 0 spiro atoms. The number of ether oxygens (including phenoxy) is 1. The van der Waals surface area contributed by atoms with E-state index < -0.39 is 24.5 Å². The van der Waals surface area contributed by atoms with E-state index in [2.05, 4.69) is 15.6 Å². The first kappa shape index (κ1) is 20.7. The summed E-state index contributed by atoms with van der Waals surface area (Å²) < 4.78 is 4.89. The number of nitrogens with one attached hydrogen (secondary N) is 2. The molecule has 0 unspecified atom stereocenters. The first-order valence-corrected chi connectivity index (χ1v) is 9.29. The molecule has 0 atom stereocenters. The van der Waals surface area contributed by atoms with Gasteiger partial charge in [-0.3, -0.25) is 15.1 Å². The minimum Gasteiger partial charge on any atom is -0.452 e. The Hall–Kier alpha value is -4.00. The van der Waals surface area contributed by atoms with Crippen molar-refractivity contribution in [1.82, 2.24) is 10.3 Å². The fourth-order valence-electron chi connectivity index (χ4n) is 2.75. The van der Waals surface area contributed by atoms with Crippen molar-refractivity contribution in [3.8, 4) is 0 Å². The van der Waals surface area contributed by atoms with Gasteiger partial charge in [0.2, 0.25) is 0 Å². The maximum atomic E-state index is 11.9. The van der Waals surface area contributed by atoms with Crippen molar-refractivity contribution in [2.24, 2.45) is 0 Å². The summed E-state index contributed by atoms with van der Waals surface area (Å²) in [6.07, 6.45) is 4.46. The highest BCUT2D eigenvalue weighted by atomic mass is 16.5. The Balaban J connectivity index is 1.49. The van der Waals surface area contributed by atoms with Crippen LogP contribution in [0.5, 0.6) is 0 Å². The van der Waals surface area contributed by atoms with Crippen molar-refractivity contribution in [3.05, 3.63) is 77.5 Å². The Morgan fingerprint density at radius 3 is 2.63 bits per heavy atom. The lowest BCUT2D eigenvalue weighted by atomic mass is 10.1. The van der Waals surface area contributed by atoms with E-state index in [0.717, 1.165) is 27.6 Å². The van der Waals surface area contributed by atoms with Crippen molar-refractivity contribution in [2.45, 2.75) is 13.8 Å². The largest absolute Gasteiger partial charge is 0.452 e. The maximum Gasteiger partial charge on any atom is 0.331 e. The van der Waals surface area contributed by atoms with Crippen molar-refractivity contribution in [2.75, 3.05) is 11.9 Å². The molecule has 0 radical (unpaired) electrons. The smallest absolute Gasteiger partial charge is 0.331 e. The van der Waals surface area contributed by atoms with Gasteiger partial charge in [0.05, 0.1) is 5.52 Å². The number of benzene rings is 2. The third-order valence-electron chi connectivity index (χ3n) is 4.43. The number of esters is 1. The number of urea groups is 1. The Morgan fingerprint density at radius 1 is 1.03 bits per heavy atom. The highest BCUT2D eigenvalue weighted by Gasteiger charge is 2.10. The van der Waals surface area contributed by atoms with Crippen molar-refractivity contribution in [1.29, 1.82) is 0 Å². The fraction of sp³-hybridized carbons (Fsp3) is 0.130. The predicted molar refractivity (Wildman–Crippen MR) is 115 cm³/mol. The zero-order valence-electron chi connectivity index (χ0n) is 16.6. The molecule has 0 saturated carbocycles. The summed E-state index contributed by atoms with van der Waals surface area (Å²) in [5.74, 6) is -1.43. The molecule has 3 amide bonds. The lowest BCUT2D eigenvalue weighted by Gasteiger charge is -2.08. The van der Waals surface area contributed by atoms with Crippen molar-refractivity contribution < 1.29 is 19.1 Å². The molecule has 7 heteroatoms. The monoisotopic (exact) mass is 403 g/mol. The number of fused-ring (bicyclic) bond motifs is 1. The second kappa shape index (κ2) is 9.47.